The lowest BCUT2D eigenvalue weighted by Crippen LogP contribution is -2.12. The van der Waals surface area contributed by atoms with Crippen LogP contribution in [0.1, 0.15) is 11.1 Å². The van der Waals surface area contributed by atoms with Crippen LogP contribution in [-0.4, -0.2) is 51.9 Å². The number of hydrogen-bond acceptors (Lipinski definition) is 5. The van der Waals surface area contributed by atoms with Crippen molar-refractivity contribution in [3.63, 3.8) is 0 Å². The lowest BCUT2D eigenvalue weighted by Gasteiger charge is -2.11. The van der Waals surface area contributed by atoms with E-state index < -0.39 is 0 Å². The molecule has 0 aromatic heterocycles. The van der Waals surface area contributed by atoms with E-state index in [-0.39, 0.29) is 5.75 Å². The summed E-state index contributed by atoms with van der Waals surface area (Å²) in [5.74, 6) is 0.657. The van der Waals surface area contributed by atoms with Crippen LogP contribution in [0.2, 0.25) is 0 Å². The summed E-state index contributed by atoms with van der Waals surface area (Å²) in [6, 6.07) is 3.54. The van der Waals surface area contributed by atoms with Gasteiger partial charge >= 0.3 is 0 Å². The van der Waals surface area contributed by atoms with Crippen molar-refractivity contribution >= 4 is 0 Å². The van der Waals surface area contributed by atoms with Gasteiger partial charge in [-0.2, -0.15) is 0 Å². The van der Waals surface area contributed by atoms with E-state index in [0.717, 1.165) is 11.1 Å². The Labute approximate surface area is 120 Å². The van der Waals surface area contributed by atoms with Crippen LogP contribution < -0.4 is 4.74 Å². The summed E-state index contributed by atoms with van der Waals surface area (Å²) in [6.07, 6.45) is 0. The highest BCUT2D eigenvalue weighted by Gasteiger charge is 2.05. The van der Waals surface area contributed by atoms with Gasteiger partial charge in [0, 0.05) is 7.11 Å². The van der Waals surface area contributed by atoms with Gasteiger partial charge in [-0.05, 0) is 37.1 Å². The minimum Gasteiger partial charge on any atom is -0.504 e. The summed E-state index contributed by atoms with van der Waals surface area (Å²) in [5, 5.41) is 9.74. The number of ether oxygens (including phenoxy) is 4. The minimum atomic E-state index is 0.163. The van der Waals surface area contributed by atoms with E-state index >= 15 is 0 Å². The predicted molar refractivity (Wildman–Crippen MR) is 76.6 cm³/mol. The third-order valence-corrected chi connectivity index (χ3v) is 2.86. The number of aryl methyl sites for hydroxylation is 2. The van der Waals surface area contributed by atoms with Crippen molar-refractivity contribution in [2.45, 2.75) is 13.8 Å². The van der Waals surface area contributed by atoms with E-state index in [1.165, 1.54) is 0 Å². The molecule has 20 heavy (non-hydrogen) atoms. The fraction of sp³-hybridized carbons (Fsp3) is 0.600. The summed E-state index contributed by atoms with van der Waals surface area (Å²) in [7, 11) is 1.64. The van der Waals surface area contributed by atoms with Crippen LogP contribution in [0.25, 0.3) is 0 Å². The van der Waals surface area contributed by atoms with Crippen molar-refractivity contribution in [1.29, 1.82) is 0 Å². The van der Waals surface area contributed by atoms with E-state index in [4.69, 9.17) is 18.9 Å². The Balaban J connectivity index is 2.11. The number of methoxy groups -OCH3 is 1. The normalized spacial score (nSPS) is 10.8. The zero-order valence-corrected chi connectivity index (χ0v) is 12.5. The Morgan fingerprint density at radius 3 is 2.05 bits per heavy atom. The van der Waals surface area contributed by atoms with Crippen molar-refractivity contribution in [2.24, 2.45) is 0 Å². The maximum absolute atomic E-state index is 9.74. The first-order chi connectivity index (χ1) is 9.65. The fourth-order valence-electron chi connectivity index (χ4n) is 1.56. The summed E-state index contributed by atoms with van der Waals surface area (Å²) >= 11 is 0. The molecule has 0 aliphatic carbocycles. The fourth-order valence-corrected chi connectivity index (χ4v) is 1.56. The first kappa shape index (κ1) is 16.8. The Morgan fingerprint density at radius 2 is 1.40 bits per heavy atom. The van der Waals surface area contributed by atoms with Crippen molar-refractivity contribution in [1.82, 2.24) is 0 Å². The largest absolute Gasteiger partial charge is 0.504 e. The molecule has 0 spiro atoms. The first-order valence-corrected chi connectivity index (χ1v) is 6.72. The van der Waals surface area contributed by atoms with Crippen LogP contribution in [0, 0.1) is 13.8 Å². The zero-order valence-electron chi connectivity index (χ0n) is 12.5. The molecule has 1 rings (SSSR count). The lowest BCUT2D eigenvalue weighted by molar-refractivity contribution is 0.0178. The van der Waals surface area contributed by atoms with Gasteiger partial charge in [0.15, 0.2) is 11.5 Å². The average molecular weight is 284 g/mol. The van der Waals surface area contributed by atoms with E-state index in [9.17, 15) is 5.11 Å². The second-order valence-electron chi connectivity index (χ2n) is 4.47. The number of phenols is 1. The molecular weight excluding hydrogens is 260 g/mol. The van der Waals surface area contributed by atoms with Gasteiger partial charge < -0.3 is 24.1 Å². The summed E-state index contributed by atoms with van der Waals surface area (Å²) in [6.45, 7) is 7.02. The van der Waals surface area contributed by atoms with Crippen LogP contribution in [0.3, 0.4) is 0 Å². The van der Waals surface area contributed by atoms with Gasteiger partial charge in [0.25, 0.3) is 0 Å². The quantitative estimate of drug-likeness (QED) is 0.667. The predicted octanol–water partition coefficient (Wildman–Crippen LogP) is 2.07. The van der Waals surface area contributed by atoms with E-state index in [1.54, 1.807) is 13.2 Å². The lowest BCUT2D eigenvalue weighted by atomic mass is 10.1. The third-order valence-electron chi connectivity index (χ3n) is 2.86. The monoisotopic (exact) mass is 284 g/mol. The number of phenolic OH excluding ortho intramolecular Hbond substituents is 1. The van der Waals surface area contributed by atoms with Gasteiger partial charge in [-0.25, -0.2) is 0 Å². The maximum Gasteiger partial charge on any atom is 0.161 e. The average Bonchev–Trinajstić information content (AvgIpc) is 2.42. The summed E-state index contributed by atoms with van der Waals surface area (Å²) in [5.41, 5.74) is 2.13. The Morgan fingerprint density at radius 1 is 0.850 bits per heavy atom. The highest BCUT2D eigenvalue weighted by atomic mass is 16.6. The minimum absolute atomic E-state index is 0.163. The maximum atomic E-state index is 9.74. The Hall–Kier alpha value is -1.30. The van der Waals surface area contributed by atoms with Crippen LogP contribution >= 0.6 is 0 Å². The number of aromatic hydroxyl groups is 1. The number of hydrogen-bond donors (Lipinski definition) is 1. The molecule has 1 N–H and O–H groups in total. The van der Waals surface area contributed by atoms with E-state index in [2.05, 4.69) is 0 Å². The van der Waals surface area contributed by atoms with Gasteiger partial charge in [0.05, 0.1) is 33.0 Å². The molecule has 1 aromatic rings. The molecule has 5 heteroatoms. The molecule has 0 saturated carbocycles. The molecule has 0 heterocycles. The van der Waals surface area contributed by atoms with Crippen molar-refractivity contribution < 1.29 is 24.1 Å². The molecule has 1 aromatic carbocycles. The molecule has 0 saturated heterocycles. The SMILES string of the molecule is COCCOCCOCCOc1cc(C)c(C)cc1O. The molecule has 0 fully saturated rings. The van der Waals surface area contributed by atoms with Crippen LogP contribution in [0.4, 0.5) is 0 Å². The molecule has 0 amide bonds. The topological polar surface area (TPSA) is 57.2 Å². The smallest absolute Gasteiger partial charge is 0.161 e. The van der Waals surface area contributed by atoms with Gasteiger partial charge in [0.2, 0.25) is 0 Å². The second-order valence-corrected chi connectivity index (χ2v) is 4.47. The highest BCUT2D eigenvalue weighted by molar-refractivity contribution is 5.45. The molecule has 0 bridgehead atoms. The summed E-state index contributed by atoms with van der Waals surface area (Å²) in [4.78, 5) is 0. The highest BCUT2D eigenvalue weighted by Crippen LogP contribution is 2.28. The van der Waals surface area contributed by atoms with Crippen LogP contribution in [0.5, 0.6) is 11.5 Å². The van der Waals surface area contributed by atoms with Crippen molar-refractivity contribution in [2.75, 3.05) is 46.8 Å². The molecule has 0 aliphatic rings. The Bertz CT molecular complexity index is 392. The zero-order chi connectivity index (χ0) is 14.8. The van der Waals surface area contributed by atoms with Gasteiger partial charge in [-0.15, -0.1) is 0 Å². The first-order valence-electron chi connectivity index (χ1n) is 6.72. The Kier molecular flexibility index (Phi) is 8.02. The molecule has 5 nitrogen and oxygen atoms in total. The molecule has 0 radical (unpaired) electrons. The second kappa shape index (κ2) is 9.58. The van der Waals surface area contributed by atoms with E-state index in [0.29, 0.717) is 45.4 Å². The standard InChI is InChI=1S/C15H24O5/c1-12-10-14(16)15(11-13(12)2)20-9-8-19-7-6-18-5-4-17-3/h10-11,16H,4-9H2,1-3H3. The van der Waals surface area contributed by atoms with Gasteiger partial charge in [0.1, 0.15) is 6.61 Å². The van der Waals surface area contributed by atoms with Crippen molar-refractivity contribution in [3.8, 4) is 11.5 Å². The van der Waals surface area contributed by atoms with E-state index in [1.807, 2.05) is 19.9 Å². The summed E-state index contributed by atoms with van der Waals surface area (Å²) < 4.78 is 21.0. The van der Waals surface area contributed by atoms with Crippen molar-refractivity contribution in [3.05, 3.63) is 23.3 Å². The molecule has 114 valence electrons. The van der Waals surface area contributed by atoms with Crippen LogP contribution in [-0.2, 0) is 14.2 Å². The van der Waals surface area contributed by atoms with Gasteiger partial charge in [-0.3, -0.25) is 0 Å². The molecule has 0 unspecified atom stereocenters. The molecule has 0 atom stereocenters. The molecule has 0 aliphatic heterocycles. The molecular formula is C15H24O5. The van der Waals surface area contributed by atoms with Gasteiger partial charge in [-0.1, -0.05) is 0 Å². The number of benzene rings is 1. The number of rotatable bonds is 10. The van der Waals surface area contributed by atoms with Crippen LogP contribution in [0.15, 0.2) is 12.1 Å². The third kappa shape index (κ3) is 6.23.